The van der Waals surface area contributed by atoms with Crippen molar-refractivity contribution in [3.8, 4) is 0 Å². The molecule has 0 radical (unpaired) electrons. The zero-order chi connectivity index (χ0) is 15.1. The summed E-state index contributed by atoms with van der Waals surface area (Å²) >= 11 is 0. The van der Waals surface area contributed by atoms with Gasteiger partial charge in [0.25, 0.3) is 0 Å². The maximum atomic E-state index is 9.11. The molecule has 3 unspecified atom stereocenters. The van der Waals surface area contributed by atoms with Crippen LogP contribution in [0.2, 0.25) is 0 Å². The predicted molar refractivity (Wildman–Crippen MR) is 72.7 cm³/mol. The summed E-state index contributed by atoms with van der Waals surface area (Å²) in [5.74, 6) is 0. The number of aliphatic hydroxyl groups is 3. The van der Waals surface area contributed by atoms with E-state index in [2.05, 4.69) is 0 Å². The highest BCUT2D eigenvalue weighted by Gasteiger charge is 2.10. The molecule has 0 aliphatic heterocycles. The van der Waals surface area contributed by atoms with Crippen molar-refractivity contribution >= 4 is 0 Å². The Bertz CT molecular complexity index is 163. The van der Waals surface area contributed by atoms with E-state index in [1.54, 1.807) is 6.92 Å². The van der Waals surface area contributed by atoms with Crippen LogP contribution in [-0.2, 0) is 14.2 Å². The highest BCUT2D eigenvalue weighted by molar-refractivity contribution is 4.49. The lowest BCUT2D eigenvalue weighted by Gasteiger charge is -2.18. The van der Waals surface area contributed by atoms with E-state index in [4.69, 9.17) is 29.5 Å². The van der Waals surface area contributed by atoms with Gasteiger partial charge in [0.05, 0.1) is 25.9 Å². The van der Waals surface area contributed by atoms with Crippen LogP contribution >= 0.6 is 0 Å². The molecule has 0 bridgehead atoms. The van der Waals surface area contributed by atoms with Crippen LogP contribution in [0.1, 0.15) is 40.5 Å². The lowest BCUT2D eigenvalue weighted by atomic mass is 10.4. The first-order chi connectivity index (χ1) is 9.01. The van der Waals surface area contributed by atoms with Crippen molar-refractivity contribution < 1.29 is 29.5 Å². The lowest BCUT2D eigenvalue weighted by molar-refractivity contribution is -0.176. The second-order valence-corrected chi connectivity index (χ2v) is 3.93. The van der Waals surface area contributed by atoms with Gasteiger partial charge in [-0.15, -0.1) is 0 Å². The Morgan fingerprint density at radius 3 is 1.95 bits per heavy atom. The molecule has 0 rings (SSSR count). The fourth-order valence-electron chi connectivity index (χ4n) is 0.977. The first-order valence-electron chi connectivity index (χ1n) is 6.83. The van der Waals surface area contributed by atoms with Crippen LogP contribution in [-0.4, -0.2) is 60.4 Å². The molecular formula is C13H30O6. The van der Waals surface area contributed by atoms with Crippen molar-refractivity contribution in [2.24, 2.45) is 0 Å². The van der Waals surface area contributed by atoms with Gasteiger partial charge in [-0.05, 0) is 26.7 Å². The smallest absolute Gasteiger partial charge is 0.154 e. The van der Waals surface area contributed by atoms with E-state index in [9.17, 15) is 0 Å². The highest BCUT2D eigenvalue weighted by atomic mass is 16.6. The zero-order valence-corrected chi connectivity index (χ0v) is 12.5. The largest absolute Gasteiger partial charge is 0.394 e. The summed E-state index contributed by atoms with van der Waals surface area (Å²) in [6, 6.07) is 0. The third-order valence-corrected chi connectivity index (χ3v) is 2.05. The molecule has 0 aromatic carbocycles. The average molecular weight is 282 g/mol. The van der Waals surface area contributed by atoms with E-state index < -0.39 is 12.6 Å². The monoisotopic (exact) mass is 282 g/mol. The number of hydrogen-bond donors (Lipinski definition) is 3. The summed E-state index contributed by atoms with van der Waals surface area (Å²) in [5, 5.41) is 26.2. The van der Waals surface area contributed by atoms with E-state index in [0.717, 1.165) is 0 Å². The van der Waals surface area contributed by atoms with E-state index in [1.165, 1.54) is 0 Å². The van der Waals surface area contributed by atoms with Crippen LogP contribution in [0.4, 0.5) is 0 Å². The fourth-order valence-corrected chi connectivity index (χ4v) is 0.977. The minimum absolute atomic E-state index is 0.133. The molecule has 6 heteroatoms. The van der Waals surface area contributed by atoms with Crippen LogP contribution in [0.15, 0.2) is 0 Å². The quantitative estimate of drug-likeness (QED) is 0.407. The number of hydrogen-bond acceptors (Lipinski definition) is 6. The van der Waals surface area contributed by atoms with Gasteiger partial charge in [0.15, 0.2) is 12.6 Å². The zero-order valence-electron chi connectivity index (χ0n) is 12.5. The normalized spacial score (nSPS) is 15.3. The molecule has 0 spiro atoms. The highest BCUT2D eigenvalue weighted by Crippen LogP contribution is 2.02. The van der Waals surface area contributed by atoms with Gasteiger partial charge >= 0.3 is 0 Å². The topological polar surface area (TPSA) is 88.4 Å². The van der Waals surface area contributed by atoms with Crippen LogP contribution in [0.5, 0.6) is 0 Å². The molecule has 0 amide bonds. The van der Waals surface area contributed by atoms with E-state index in [0.29, 0.717) is 32.7 Å². The van der Waals surface area contributed by atoms with Gasteiger partial charge in [-0.1, -0.05) is 13.8 Å². The van der Waals surface area contributed by atoms with Crippen molar-refractivity contribution in [3.63, 3.8) is 0 Å². The van der Waals surface area contributed by atoms with Crippen LogP contribution < -0.4 is 0 Å². The summed E-state index contributed by atoms with van der Waals surface area (Å²) in [4.78, 5) is 0. The van der Waals surface area contributed by atoms with Gasteiger partial charge in [-0.3, -0.25) is 0 Å². The molecule has 6 nitrogen and oxygen atoms in total. The van der Waals surface area contributed by atoms with Crippen LogP contribution in [0.3, 0.4) is 0 Å². The standard InChI is InChI=1S/C9H20O4.C4H10O2/c1-4-8(10)12-6-7(3)13-9(11)5-2;1-2-6-4-3-5/h7-11H,4-6H2,1-3H3;5H,2-4H2,1H3. The minimum atomic E-state index is -0.739. The number of aliphatic hydroxyl groups excluding tert-OH is 3. The van der Waals surface area contributed by atoms with Gasteiger partial charge < -0.3 is 29.5 Å². The van der Waals surface area contributed by atoms with Gasteiger partial charge in [0, 0.05) is 6.61 Å². The summed E-state index contributed by atoms with van der Waals surface area (Å²) in [6.45, 7) is 8.95. The Hall–Kier alpha value is -0.240. The third kappa shape index (κ3) is 17.8. The van der Waals surface area contributed by atoms with Crippen LogP contribution in [0.25, 0.3) is 0 Å². The Morgan fingerprint density at radius 1 is 1.00 bits per heavy atom. The maximum absolute atomic E-state index is 9.11. The van der Waals surface area contributed by atoms with Crippen molar-refractivity contribution in [1.29, 1.82) is 0 Å². The SMILES string of the molecule is CCC(O)OCC(C)OC(O)CC.CCOCCO. The van der Waals surface area contributed by atoms with Gasteiger partial charge in [-0.2, -0.15) is 0 Å². The first kappa shape index (κ1) is 21.1. The third-order valence-electron chi connectivity index (χ3n) is 2.05. The molecule has 0 aliphatic carbocycles. The Labute approximate surface area is 116 Å². The summed E-state index contributed by atoms with van der Waals surface area (Å²) < 4.78 is 14.9. The summed E-state index contributed by atoms with van der Waals surface area (Å²) in [5.41, 5.74) is 0. The van der Waals surface area contributed by atoms with E-state index in [-0.39, 0.29) is 12.7 Å². The van der Waals surface area contributed by atoms with E-state index in [1.807, 2.05) is 20.8 Å². The van der Waals surface area contributed by atoms with Gasteiger partial charge in [-0.25, -0.2) is 0 Å². The number of rotatable bonds is 10. The Balaban J connectivity index is 0. The molecule has 118 valence electrons. The van der Waals surface area contributed by atoms with Crippen molar-refractivity contribution in [1.82, 2.24) is 0 Å². The first-order valence-corrected chi connectivity index (χ1v) is 6.83. The van der Waals surface area contributed by atoms with Gasteiger partial charge in [0.2, 0.25) is 0 Å². The molecule has 3 N–H and O–H groups in total. The minimum Gasteiger partial charge on any atom is -0.394 e. The van der Waals surface area contributed by atoms with E-state index >= 15 is 0 Å². The van der Waals surface area contributed by atoms with Crippen LogP contribution in [0, 0.1) is 0 Å². The van der Waals surface area contributed by atoms with Crippen molar-refractivity contribution in [3.05, 3.63) is 0 Å². The maximum Gasteiger partial charge on any atom is 0.154 e. The lowest BCUT2D eigenvalue weighted by Crippen LogP contribution is -2.25. The molecule has 0 heterocycles. The average Bonchev–Trinajstić information content (AvgIpc) is 2.42. The second-order valence-electron chi connectivity index (χ2n) is 3.93. The molecule has 19 heavy (non-hydrogen) atoms. The van der Waals surface area contributed by atoms with Gasteiger partial charge in [0.1, 0.15) is 0 Å². The number of ether oxygens (including phenoxy) is 3. The van der Waals surface area contributed by atoms with Crippen molar-refractivity contribution in [2.75, 3.05) is 26.4 Å². The fraction of sp³-hybridized carbons (Fsp3) is 1.00. The Kier molecular flexibility index (Phi) is 17.5. The molecule has 0 aromatic heterocycles. The summed E-state index contributed by atoms with van der Waals surface area (Å²) in [7, 11) is 0. The van der Waals surface area contributed by atoms with Crippen molar-refractivity contribution in [2.45, 2.75) is 59.2 Å². The molecule has 0 saturated heterocycles. The molecule has 0 aromatic rings. The molecule has 0 aliphatic rings. The molecule has 3 atom stereocenters. The molecular weight excluding hydrogens is 252 g/mol. The molecule has 0 saturated carbocycles. The predicted octanol–water partition coefficient (Wildman–Crippen LogP) is 0.880. The molecule has 0 fully saturated rings. The Morgan fingerprint density at radius 2 is 1.58 bits per heavy atom. The second kappa shape index (κ2) is 15.8. The summed E-state index contributed by atoms with van der Waals surface area (Å²) in [6.07, 6.45) is -0.553.